The molecule has 2 heteroatoms. The molecule has 0 aliphatic heterocycles. The van der Waals surface area contributed by atoms with Crippen LogP contribution < -0.4 is 0 Å². The molecule has 0 unspecified atom stereocenters. The Morgan fingerprint density at radius 1 is 0.727 bits per heavy atom. The highest BCUT2D eigenvalue weighted by atomic mass is 16.3. The van der Waals surface area contributed by atoms with Crippen molar-refractivity contribution in [2.75, 3.05) is 0 Å². The lowest BCUT2D eigenvalue weighted by atomic mass is 10.1. The second-order valence-corrected chi connectivity index (χ2v) is 6.85. The fourth-order valence-electron chi connectivity index (χ4n) is 2.79. The van der Waals surface area contributed by atoms with Crippen LogP contribution in [-0.4, -0.2) is 22.2 Å². The van der Waals surface area contributed by atoms with E-state index in [4.69, 9.17) is 0 Å². The molecule has 0 aliphatic rings. The minimum Gasteiger partial charge on any atom is -0.387 e. The normalized spacial score (nSPS) is 10.3. The zero-order chi connectivity index (χ0) is 23.6. The summed E-state index contributed by atoms with van der Waals surface area (Å²) in [7, 11) is 0. The van der Waals surface area contributed by atoms with Gasteiger partial charge in [0, 0.05) is 19.1 Å². The van der Waals surface area contributed by atoms with Gasteiger partial charge < -0.3 is 5.11 Å². The second kappa shape index (κ2) is 15.3. The Hall–Kier alpha value is -4.54. The molecule has 0 saturated carbocycles. The molecular formula is C31H23NO. The summed E-state index contributed by atoms with van der Waals surface area (Å²) in [6, 6.07) is 20.3. The van der Waals surface area contributed by atoms with E-state index >= 15 is 0 Å². The lowest BCUT2D eigenvalue weighted by Gasteiger charge is -2.31. The summed E-state index contributed by atoms with van der Waals surface area (Å²) in [4.78, 5) is 2.23. The van der Waals surface area contributed by atoms with Crippen molar-refractivity contribution in [2.24, 2.45) is 0 Å². The lowest BCUT2D eigenvalue weighted by molar-refractivity contribution is 0.0781. The third-order valence-electron chi connectivity index (χ3n) is 4.50. The molecule has 158 valence electrons. The smallest absolute Gasteiger partial charge is 0.0953 e. The molecule has 2 nitrogen and oxygen atoms in total. The summed E-state index contributed by atoms with van der Waals surface area (Å²) in [6.45, 7) is 6.78. The maximum atomic E-state index is 10.7. The van der Waals surface area contributed by atoms with Crippen LogP contribution in [0.2, 0.25) is 0 Å². The van der Waals surface area contributed by atoms with Crippen LogP contribution >= 0.6 is 0 Å². The molecule has 0 fully saturated rings. The van der Waals surface area contributed by atoms with E-state index < -0.39 is 6.10 Å². The summed E-state index contributed by atoms with van der Waals surface area (Å²) in [6.07, 6.45) is 0.832. The van der Waals surface area contributed by atoms with Gasteiger partial charge in [-0.15, -0.1) is 0 Å². The van der Waals surface area contributed by atoms with Crippen molar-refractivity contribution < 1.29 is 5.11 Å². The zero-order valence-corrected chi connectivity index (χ0v) is 18.5. The number of benzene rings is 2. The Balaban J connectivity index is 2.22. The van der Waals surface area contributed by atoms with Gasteiger partial charge in [0.1, 0.15) is 0 Å². The standard InChI is InChI=1S/C31H23NO/c1-3-4-5-6-7-8-9-10-11-12-13-20-25-31(33)28(2)32(26-29-21-16-14-17-22-29)27-30-23-18-15-19-24-30/h14-19,21-25,28,31,33H,1,26-27H2,2H3/t28-,31-/m0/s1. The van der Waals surface area contributed by atoms with E-state index in [0.717, 1.165) is 13.1 Å². The summed E-state index contributed by atoms with van der Waals surface area (Å²) in [5.74, 6) is 0. The van der Waals surface area contributed by atoms with Gasteiger partial charge in [0.15, 0.2) is 0 Å². The van der Waals surface area contributed by atoms with Crippen LogP contribution in [0.5, 0.6) is 0 Å². The number of rotatable bonds is 7. The fourth-order valence-corrected chi connectivity index (χ4v) is 2.79. The van der Waals surface area contributed by atoms with Gasteiger partial charge in [0.05, 0.1) is 6.10 Å². The van der Waals surface area contributed by atoms with Crippen molar-refractivity contribution in [3.05, 3.63) is 153 Å². The minimum atomic E-state index is -0.733. The molecule has 0 saturated heterocycles. The molecule has 0 heterocycles. The van der Waals surface area contributed by atoms with Crippen LogP contribution in [0, 0.1) is 0 Å². The van der Waals surface area contributed by atoms with Crippen molar-refractivity contribution in [3.63, 3.8) is 0 Å². The van der Waals surface area contributed by atoms with Crippen molar-refractivity contribution in [3.8, 4) is 0 Å². The average Bonchev–Trinajstić information content (AvgIpc) is 2.85. The molecule has 2 aromatic rings. The molecule has 0 amide bonds. The van der Waals surface area contributed by atoms with Gasteiger partial charge in [0.25, 0.3) is 0 Å². The summed E-state index contributed by atoms with van der Waals surface area (Å²) >= 11 is 0. The van der Waals surface area contributed by atoms with Crippen LogP contribution in [0.25, 0.3) is 0 Å². The first-order chi connectivity index (χ1) is 16.2. The average molecular weight is 426 g/mol. The van der Waals surface area contributed by atoms with E-state index in [1.807, 2.05) is 43.3 Å². The predicted molar refractivity (Wildman–Crippen MR) is 130 cm³/mol. The Kier molecular flexibility index (Phi) is 11.5. The molecule has 0 aliphatic carbocycles. The highest BCUT2D eigenvalue weighted by Crippen LogP contribution is 2.16. The zero-order valence-electron chi connectivity index (χ0n) is 18.5. The Bertz CT molecular complexity index is 1330. The lowest BCUT2D eigenvalue weighted by Crippen LogP contribution is -2.39. The molecule has 0 bridgehead atoms. The monoisotopic (exact) mass is 425 g/mol. The Morgan fingerprint density at radius 3 is 1.61 bits per heavy atom. The first-order valence-electron chi connectivity index (χ1n) is 10.3. The van der Waals surface area contributed by atoms with E-state index in [-0.39, 0.29) is 6.04 Å². The van der Waals surface area contributed by atoms with Gasteiger partial charge in [0.2, 0.25) is 0 Å². The molecule has 2 aromatic carbocycles. The van der Waals surface area contributed by atoms with Crippen LogP contribution in [0.1, 0.15) is 18.1 Å². The summed E-state index contributed by atoms with van der Waals surface area (Å²) in [5, 5.41) is 10.7. The fraction of sp³-hybridized carbons (Fsp3) is 0.161. The number of nitrogens with zero attached hydrogens (tertiary/aromatic N) is 1. The first kappa shape index (κ1) is 24.7. The third-order valence-corrected chi connectivity index (χ3v) is 4.50. The Morgan fingerprint density at radius 2 is 1.15 bits per heavy atom. The largest absolute Gasteiger partial charge is 0.387 e. The maximum Gasteiger partial charge on any atom is 0.0953 e. The number of aliphatic hydroxyl groups is 1. The van der Waals surface area contributed by atoms with E-state index in [9.17, 15) is 5.11 Å². The molecule has 1 N–H and O–H groups in total. The van der Waals surface area contributed by atoms with E-state index in [2.05, 4.69) is 105 Å². The molecule has 0 aromatic heterocycles. The molecule has 0 radical (unpaired) electrons. The topological polar surface area (TPSA) is 23.5 Å². The molecule has 2 rings (SSSR count). The van der Waals surface area contributed by atoms with Crippen LogP contribution in [-0.2, 0) is 13.1 Å². The highest BCUT2D eigenvalue weighted by molar-refractivity contribution is 5.17. The number of hydrogen-bond acceptors (Lipinski definition) is 2. The molecule has 0 spiro atoms. The summed E-state index contributed by atoms with van der Waals surface area (Å²) < 4.78 is 0. The van der Waals surface area contributed by atoms with Gasteiger partial charge in [-0.1, -0.05) is 72.1 Å². The minimum absolute atomic E-state index is 0.142. The number of hydrogen-bond donors (Lipinski definition) is 1. The van der Waals surface area contributed by atoms with Gasteiger partial charge in [-0.05, 0) is 88.0 Å². The number of aliphatic hydroxyl groups excluding tert-OH is 1. The van der Waals surface area contributed by atoms with Crippen molar-refractivity contribution in [1.82, 2.24) is 4.90 Å². The first-order valence-corrected chi connectivity index (χ1v) is 10.3. The molecule has 2 atom stereocenters. The highest BCUT2D eigenvalue weighted by Gasteiger charge is 2.20. The summed E-state index contributed by atoms with van der Waals surface area (Å²) in [5.41, 5.74) is 33.2. The van der Waals surface area contributed by atoms with Crippen molar-refractivity contribution in [2.45, 2.75) is 32.2 Å². The van der Waals surface area contributed by atoms with Crippen LogP contribution in [0.3, 0.4) is 0 Å². The predicted octanol–water partition coefficient (Wildman–Crippen LogP) is 5.49. The quantitative estimate of drug-likeness (QED) is 0.594. The molecular weight excluding hydrogens is 402 g/mol. The van der Waals surface area contributed by atoms with Crippen molar-refractivity contribution >= 4 is 0 Å². The molecule has 33 heavy (non-hydrogen) atoms. The maximum absolute atomic E-state index is 10.7. The second-order valence-electron chi connectivity index (χ2n) is 6.85. The van der Waals surface area contributed by atoms with E-state index in [1.165, 1.54) is 11.1 Å². The van der Waals surface area contributed by atoms with Gasteiger partial charge in [-0.2, -0.15) is 0 Å². The van der Waals surface area contributed by atoms with Gasteiger partial charge >= 0.3 is 0 Å². The SMILES string of the molecule is C=C=C=C=C=C=C=C=C=C=C=C=C=C[C@H](O)[C@H](C)N(Cc1ccccc1)Cc1ccccc1. The van der Waals surface area contributed by atoms with E-state index in [0.29, 0.717) is 0 Å². The van der Waals surface area contributed by atoms with Crippen LogP contribution in [0.15, 0.2) is 142 Å². The van der Waals surface area contributed by atoms with Gasteiger partial charge in [-0.25, -0.2) is 0 Å². The van der Waals surface area contributed by atoms with Crippen LogP contribution in [0.4, 0.5) is 0 Å². The van der Waals surface area contributed by atoms with E-state index in [1.54, 1.807) is 6.08 Å². The Labute approximate surface area is 195 Å². The van der Waals surface area contributed by atoms with Crippen molar-refractivity contribution in [1.29, 1.82) is 0 Å². The third kappa shape index (κ3) is 10.4. The van der Waals surface area contributed by atoms with Gasteiger partial charge in [-0.3, -0.25) is 4.90 Å².